The van der Waals surface area contributed by atoms with E-state index in [1.807, 2.05) is 0 Å². The Kier molecular flexibility index (Phi) is 5.23. The number of methoxy groups -OCH3 is 1. The van der Waals surface area contributed by atoms with Crippen LogP contribution in [0, 0.1) is 0 Å². The van der Waals surface area contributed by atoms with Crippen molar-refractivity contribution in [3.63, 3.8) is 0 Å². The van der Waals surface area contributed by atoms with Crippen molar-refractivity contribution in [2.75, 3.05) is 26.9 Å². The Balaban J connectivity index is 1.92. The van der Waals surface area contributed by atoms with Gasteiger partial charge in [0.15, 0.2) is 0 Å². The lowest BCUT2D eigenvalue weighted by Crippen LogP contribution is -2.27. The van der Waals surface area contributed by atoms with Gasteiger partial charge >= 0.3 is 0 Å². The average Bonchev–Trinajstić information content (AvgIpc) is 2.47. The van der Waals surface area contributed by atoms with Crippen LogP contribution in [0.5, 0.6) is 0 Å². The highest BCUT2D eigenvalue weighted by Crippen LogP contribution is 2.22. The average molecular weight is 265 g/mol. The molecule has 1 amide bonds. The van der Waals surface area contributed by atoms with Crippen LogP contribution in [0.3, 0.4) is 0 Å². The van der Waals surface area contributed by atoms with Gasteiger partial charge in [0.2, 0.25) is 5.91 Å². The van der Waals surface area contributed by atoms with Gasteiger partial charge < -0.3 is 14.8 Å². The quantitative estimate of drug-likeness (QED) is 0.845. The number of hydrogen-bond acceptors (Lipinski definition) is 5. The Labute approximate surface area is 112 Å². The van der Waals surface area contributed by atoms with Gasteiger partial charge in [-0.25, -0.2) is 9.97 Å². The molecule has 1 aromatic heterocycles. The number of carbonyl (C=O) groups is 1. The maximum Gasteiger partial charge on any atom is 0.246 e. The highest BCUT2D eigenvalue weighted by Gasteiger charge is 2.18. The van der Waals surface area contributed by atoms with E-state index in [-0.39, 0.29) is 18.4 Å². The Bertz CT molecular complexity index is 419. The molecule has 1 atom stereocenters. The number of rotatable bonds is 5. The third-order valence-corrected chi connectivity index (χ3v) is 3.00. The van der Waals surface area contributed by atoms with E-state index < -0.39 is 0 Å². The van der Waals surface area contributed by atoms with Gasteiger partial charge in [-0.2, -0.15) is 0 Å². The summed E-state index contributed by atoms with van der Waals surface area (Å²) in [5, 5.41) is 2.74. The van der Waals surface area contributed by atoms with Crippen LogP contribution < -0.4 is 5.32 Å². The molecule has 19 heavy (non-hydrogen) atoms. The van der Waals surface area contributed by atoms with E-state index in [1.165, 1.54) is 7.11 Å². The van der Waals surface area contributed by atoms with E-state index in [9.17, 15) is 4.79 Å². The van der Waals surface area contributed by atoms with Crippen molar-refractivity contribution in [1.29, 1.82) is 0 Å². The number of nitrogens with one attached hydrogen (secondary N) is 1. The predicted octanol–water partition coefficient (Wildman–Crippen LogP) is 0.633. The lowest BCUT2D eigenvalue weighted by atomic mass is 10.0. The number of hydrogen-bond donors (Lipinski definition) is 1. The van der Waals surface area contributed by atoms with Crippen LogP contribution >= 0.6 is 0 Å². The normalized spacial score (nSPS) is 19.1. The molecule has 6 nitrogen and oxygen atoms in total. The summed E-state index contributed by atoms with van der Waals surface area (Å²) in [6.45, 7) is 1.96. The molecule has 1 aromatic rings. The van der Waals surface area contributed by atoms with Gasteiger partial charge in [-0.1, -0.05) is 0 Å². The van der Waals surface area contributed by atoms with Gasteiger partial charge in [-0.05, 0) is 18.9 Å². The summed E-state index contributed by atoms with van der Waals surface area (Å²) in [4.78, 5) is 20.1. The Morgan fingerprint density at radius 3 is 3.26 bits per heavy atom. The standard InChI is InChI=1S/C13H19N3O3/c1-18-9-12(17)15-7-11-4-5-14-13(16-11)10-3-2-6-19-8-10/h4-5,10H,2-3,6-9H2,1H3,(H,15,17)/t10-/m0/s1. The van der Waals surface area contributed by atoms with Gasteiger partial charge in [0.1, 0.15) is 12.4 Å². The molecule has 0 aliphatic carbocycles. The van der Waals surface area contributed by atoms with Crippen LogP contribution in [-0.2, 0) is 20.8 Å². The molecule has 1 N–H and O–H groups in total. The predicted molar refractivity (Wildman–Crippen MR) is 68.5 cm³/mol. The molecule has 0 radical (unpaired) electrons. The topological polar surface area (TPSA) is 73.3 Å². The molecule has 0 spiro atoms. The van der Waals surface area contributed by atoms with Crippen LogP contribution in [0.15, 0.2) is 12.3 Å². The SMILES string of the molecule is COCC(=O)NCc1ccnc([C@H]2CCCOC2)n1. The Hall–Kier alpha value is -1.53. The molecule has 104 valence electrons. The molecular weight excluding hydrogens is 246 g/mol. The number of ether oxygens (including phenoxy) is 2. The first-order valence-corrected chi connectivity index (χ1v) is 6.45. The molecular formula is C13H19N3O3. The summed E-state index contributed by atoms with van der Waals surface area (Å²) in [7, 11) is 1.49. The molecule has 0 aromatic carbocycles. The van der Waals surface area contributed by atoms with Gasteiger partial charge in [0.25, 0.3) is 0 Å². The van der Waals surface area contributed by atoms with E-state index in [2.05, 4.69) is 15.3 Å². The molecule has 2 rings (SSSR count). The summed E-state index contributed by atoms with van der Waals surface area (Å²) < 4.78 is 10.2. The van der Waals surface area contributed by atoms with Crippen molar-refractivity contribution in [1.82, 2.24) is 15.3 Å². The van der Waals surface area contributed by atoms with Crippen molar-refractivity contribution < 1.29 is 14.3 Å². The van der Waals surface area contributed by atoms with Crippen LogP contribution in [0.1, 0.15) is 30.3 Å². The van der Waals surface area contributed by atoms with Crippen molar-refractivity contribution in [2.24, 2.45) is 0 Å². The van der Waals surface area contributed by atoms with Gasteiger partial charge in [0.05, 0.1) is 18.8 Å². The summed E-state index contributed by atoms with van der Waals surface area (Å²) in [5.41, 5.74) is 0.806. The highest BCUT2D eigenvalue weighted by molar-refractivity contribution is 5.77. The van der Waals surface area contributed by atoms with Gasteiger partial charge in [-0.15, -0.1) is 0 Å². The first-order valence-electron chi connectivity index (χ1n) is 6.45. The van der Waals surface area contributed by atoms with Crippen LogP contribution in [0.25, 0.3) is 0 Å². The zero-order chi connectivity index (χ0) is 13.5. The molecule has 0 unspecified atom stereocenters. The monoisotopic (exact) mass is 265 g/mol. The van der Waals surface area contributed by atoms with E-state index in [4.69, 9.17) is 9.47 Å². The molecule has 6 heteroatoms. The summed E-state index contributed by atoms with van der Waals surface area (Å²) in [5.74, 6) is 0.922. The Morgan fingerprint density at radius 2 is 2.53 bits per heavy atom. The maximum atomic E-state index is 11.3. The fourth-order valence-corrected chi connectivity index (χ4v) is 2.02. The van der Waals surface area contributed by atoms with E-state index in [1.54, 1.807) is 12.3 Å². The van der Waals surface area contributed by atoms with E-state index >= 15 is 0 Å². The number of aromatic nitrogens is 2. The summed E-state index contributed by atoms with van der Waals surface area (Å²) in [6, 6.07) is 1.81. The van der Waals surface area contributed by atoms with Crippen LogP contribution in [0.4, 0.5) is 0 Å². The minimum Gasteiger partial charge on any atom is -0.381 e. The fraction of sp³-hybridized carbons (Fsp3) is 0.615. The second-order valence-corrected chi connectivity index (χ2v) is 4.53. The van der Waals surface area contributed by atoms with Gasteiger partial charge in [-0.3, -0.25) is 4.79 Å². The van der Waals surface area contributed by atoms with E-state index in [0.29, 0.717) is 13.2 Å². The molecule has 0 saturated carbocycles. The minimum absolute atomic E-state index is 0.0639. The molecule has 1 aliphatic heterocycles. The van der Waals surface area contributed by atoms with E-state index in [0.717, 1.165) is 31.0 Å². The first-order chi connectivity index (χ1) is 9.29. The second kappa shape index (κ2) is 7.16. The van der Waals surface area contributed by atoms with Crippen LogP contribution in [-0.4, -0.2) is 42.8 Å². The molecule has 1 fully saturated rings. The van der Waals surface area contributed by atoms with Crippen molar-refractivity contribution in [3.8, 4) is 0 Å². The maximum absolute atomic E-state index is 11.3. The van der Waals surface area contributed by atoms with Gasteiger partial charge in [0, 0.05) is 25.8 Å². The lowest BCUT2D eigenvalue weighted by Gasteiger charge is -2.20. The Morgan fingerprint density at radius 1 is 1.63 bits per heavy atom. The lowest BCUT2D eigenvalue weighted by molar-refractivity contribution is -0.124. The summed E-state index contributed by atoms with van der Waals surface area (Å²) in [6.07, 6.45) is 3.83. The highest BCUT2D eigenvalue weighted by atomic mass is 16.5. The fourth-order valence-electron chi connectivity index (χ4n) is 2.02. The summed E-state index contributed by atoms with van der Waals surface area (Å²) >= 11 is 0. The van der Waals surface area contributed by atoms with Crippen LogP contribution in [0.2, 0.25) is 0 Å². The number of amides is 1. The smallest absolute Gasteiger partial charge is 0.246 e. The molecule has 2 heterocycles. The minimum atomic E-state index is -0.149. The van der Waals surface area contributed by atoms with Crippen molar-refractivity contribution >= 4 is 5.91 Å². The van der Waals surface area contributed by atoms with Crippen molar-refractivity contribution in [3.05, 3.63) is 23.8 Å². The molecule has 1 saturated heterocycles. The zero-order valence-electron chi connectivity index (χ0n) is 11.1. The largest absolute Gasteiger partial charge is 0.381 e. The first kappa shape index (κ1) is 13.9. The second-order valence-electron chi connectivity index (χ2n) is 4.53. The van der Waals surface area contributed by atoms with Crippen molar-refractivity contribution in [2.45, 2.75) is 25.3 Å². The zero-order valence-corrected chi connectivity index (χ0v) is 11.1. The molecule has 0 bridgehead atoms. The number of carbonyl (C=O) groups excluding carboxylic acids is 1. The number of nitrogens with zero attached hydrogens (tertiary/aromatic N) is 2. The molecule has 1 aliphatic rings. The third-order valence-electron chi connectivity index (χ3n) is 3.00. The third kappa shape index (κ3) is 4.25.